The summed E-state index contributed by atoms with van der Waals surface area (Å²) >= 11 is 0. The first-order chi connectivity index (χ1) is 7.13. The molecule has 0 heterocycles. The van der Waals surface area contributed by atoms with E-state index in [1.807, 2.05) is 0 Å². The van der Waals surface area contributed by atoms with Crippen molar-refractivity contribution in [2.75, 3.05) is 11.9 Å². The molecule has 76 valence electrons. The summed E-state index contributed by atoms with van der Waals surface area (Å²) in [4.78, 5) is 23.8. The maximum atomic E-state index is 11.0. The number of benzene rings is 1. The standard InChI is InChI=1S/C9H7N3O3/c1-10-6-9(13)11-7-3-2-4-8(5-7)12(14)15/h2-5H,6H2,(H,11,13). The van der Waals surface area contributed by atoms with Crippen molar-refractivity contribution in [1.82, 2.24) is 0 Å². The van der Waals surface area contributed by atoms with E-state index in [0.29, 0.717) is 5.69 Å². The molecule has 1 aromatic carbocycles. The average Bonchev–Trinajstić information content (AvgIpc) is 2.18. The van der Waals surface area contributed by atoms with Crippen LogP contribution >= 0.6 is 0 Å². The topological polar surface area (TPSA) is 76.6 Å². The van der Waals surface area contributed by atoms with Crippen molar-refractivity contribution in [3.05, 3.63) is 45.8 Å². The zero-order valence-corrected chi connectivity index (χ0v) is 7.64. The van der Waals surface area contributed by atoms with Gasteiger partial charge in [-0.25, -0.2) is 6.57 Å². The van der Waals surface area contributed by atoms with Crippen molar-refractivity contribution >= 4 is 17.3 Å². The number of nitrogens with one attached hydrogen (secondary N) is 1. The zero-order valence-electron chi connectivity index (χ0n) is 7.64. The fraction of sp³-hybridized carbons (Fsp3) is 0.111. The molecule has 0 bridgehead atoms. The molecule has 0 aliphatic rings. The highest BCUT2D eigenvalue weighted by Crippen LogP contribution is 2.16. The predicted molar refractivity (Wildman–Crippen MR) is 53.2 cm³/mol. The Morgan fingerprint density at radius 1 is 1.60 bits per heavy atom. The van der Waals surface area contributed by atoms with Gasteiger partial charge in [0.05, 0.1) is 4.92 Å². The quantitative estimate of drug-likeness (QED) is 0.461. The van der Waals surface area contributed by atoms with Crippen LogP contribution < -0.4 is 5.32 Å². The lowest BCUT2D eigenvalue weighted by atomic mass is 10.3. The Kier molecular flexibility index (Phi) is 3.35. The maximum Gasteiger partial charge on any atom is 0.304 e. The van der Waals surface area contributed by atoms with Gasteiger partial charge in [0.1, 0.15) is 0 Å². The van der Waals surface area contributed by atoms with E-state index < -0.39 is 10.8 Å². The highest BCUT2D eigenvalue weighted by molar-refractivity contribution is 5.93. The minimum atomic E-state index is -0.551. The van der Waals surface area contributed by atoms with Gasteiger partial charge in [-0.1, -0.05) is 6.07 Å². The molecular weight excluding hydrogens is 198 g/mol. The molecule has 0 unspecified atom stereocenters. The molecular formula is C9H7N3O3. The number of rotatable bonds is 3. The molecule has 0 atom stereocenters. The SMILES string of the molecule is [C-]#[N+]CC(=O)Nc1cccc([N+](=O)[O-])c1. The van der Waals surface area contributed by atoms with E-state index in [9.17, 15) is 14.9 Å². The van der Waals surface area contributed by atoms with E-state index in [4.69, 9.17) is 6.57 Å². The molecule has 0 aliphatic heterocycles. The van der Waals surface area contributed by atoms with Gasteiger partial charge < -0.3 is 10.2 Å². The number of hydrogen-bond acceptors (Lipinski definition) is 3. The van der Waals surface area contributed by atoms with Crippen LogP contribution in [-0.2, 0) is 4.79 Å². The second kappa shape index (κ2) is 4.72. The summed E-state index contributed by atoms with van der Waals surface area (Å²) < 4.78 is 0. The summed E-state index contributed by atoms with van der Waals surface area (Å²) in [7, 11) is 0. The lowest BCUT2D eigenvalue weighted by molar-refractivity contribution is -0.384. The van der Waals surface area contributed by atoms with Crippen LogP contribution in [0.4, 0.5) is 11.4 Å². The highest BCUT2D eigenvalue weighted by Gasteiger charge is 2.08. The zero-order chi connectivity index (χ0) is 11.3. The number of carbonyl (C=O) groups excluding carboxylic acids is 1. The molecule has 0 spiro atoms. The lowest BCUT2D eigenvalue weighted by Crippen LogP contribution is -2.13. The predicted octanol–water partition coefficient (Wildman–Crippen LogP) is 1.45. The number of nitro groups is 1. The highest BCUT2D eigenvalue weighted by atomic mass is 16.6. The Bertz CT molecular complexity index is 436. The maximum absolute atomic E-state index is 11.0. The number of non-ortho nitro benzene ring substituents is 1. The van der Waals surface area contributed by atoms with Crippen molar-refractivity contribution in [2.24, 2.45) is 0 Å². The molecule has 0 saturated carbocycles. The summed E-state index contributed by atoms with van der Waals surface area (Å²) in [6, 6.07) is 5.55. The van der Waals surface area contributed by atoms with E-state index in [1.165, 1.54) is 24.3 Å². The van der Waals surface area contributed by atoms with Crippen LogP contribution in [0, 0.1) is 16.7 Å². The lowest BCUT2D eigenvalue weighted by Gasteiger charge is -2.00. The minimum Gasteiger partial charge on any atom is -0.319 e. The summed E-state index contributed by atoms with van der Waals surface area (Å²) in [5.74, 6) is -0.481. The van der Waals surface area contributed by atoms with Crippen molar-refractivity contribution in [1.29, 1.82) is 0 Å². The van der Waals surface area contributed by atoms with E-state index in [-0.39, 0.29) is 12.2 Å². The Morgan fingerprint density at radius 2 is 2.33 bits per heavy atom. The summed E-state index contributed by atoms with van der Waals surface area (Å²) in [5.41, 5.74) is 0.216. The van der Waals surface area contributed by atoms with Gasteiger partial charge in [-0.15, -0.1) is 0 Å². The largest absolute Gasteiger partial charge is 0.319 e. The van der Waals surface area contributed by atoms with Gasteiger partial charge in [-0.05, 0) is 6.07 Å². The van der Waals surface area contributed by atoms with Crippen molar-refractivity contribution in [3.8, 4) is 0 Å². The van der Waals surface area contributed by atoms with Gasteiger partial charge in [0, 0.05) is 17.8 Å². The van der Waals surface area contributed by atoms with Gasteiger partial charge in [-0.3, -0.25) is 14.9 Å². The van der Waals surface area contributed by atoms with Gasteiger partial charge in [0.2, 0.25) is 0 Å². The van der Waals surface area contributed by atoms with E-state index in [2.05, 4.69) is 10.2 Å². The van der Waals surface area contributed by atoms with Crippen LogP contribution in [0.15, 0.2) is 24.3 Å². The summed E-state index contributed by atoms with van der Waals surface area (Å²) in [5, 5.41) is 12.8. The van der Waals surface area contributed by atoms with Gasteiger partial charge in [0.15, 0.2) is 0 Å². The molecule has 15 heavy (non-hydrogen) atoms. The third kappa shape index (κ3) is 3.08. The molecule has 0 aliphatic carbocycles. The molecule has 0 radical (unpaired) electrons. The third-order valence-electron chi connectivity index (χ3n) is 1.56. The summed E-state index contributed by atoms with van der Waals surface area (Å²) in [6.07, 6.45) is 0. The van der Waals surface area contributed by atoms with Crippen LogP contribution in [0.2, 0.25) is 0 Å². The van der Waals surface area contributed by atoms with Crippen LogP contribution in [-0.4, -0.2) is 17.4 Å². The first kappa shape index (κ1) is 10.7. The Labute approximate surface area is 85.5 Å². The molecule has 1 N–H and O–H groups in total. The number of hydrogen-bond donors (Lipinski definition) is 1. The van der Waals surface area contributed by atoms with Gasteiger partial charge >= 0.3 is 5.91 Å². The van der Waals surface area contributed by atoms with Crippen LogP contribution in [0.25, 0.3) is 4.85 Å². The van der Waals surface area contributed by atoms with Crippen LogP contribution in [0.5, 0.6) is 0 Å². The van der Waals surface area contributed by atoms with Crippen LogP contribution in [0.3, 0.4) is 0 Å². The monoisotopic (exact) mass is 205 g/mol. The number of nitro benzene ring substituents is 1. The molecule has 6 heteroatoms. The normalized spacial score (nSPS) is 9.00. The smallest absolute Gasteiger partial charge is 0.304 e. The molecule has 0 saturated heterocycles. The average molecular weight is 205 g/mol. The summed E-state index contributed by atoms with van der Waals surface area (Å²) in [6.45, 7) is 6.18. The number of nitrogens with zero attached hydrogens (tertiary/aromatic N) is 2. The molecule has 0 aromatic heterocycles. The molecule has 1 aromatic rings. The number of carbonyl (C=O) groups is 1. The van der Waals surface area contributed by atoms with Crippen molar-refractivity contribution < 1.29 is 9.72 Å². The molecule has 1 amide bonds. The Hall–Kier alpha value is -2.42. The fourth-order valence-electron chi connectivity index (χ4n) is 0.970. The molecule has 0 fully saturated rings. The third-order valence-corrected chi connectivity index (χ3v) is 1.56. The van der Waals surface area contributed by atoms with E-state index >= 15 is 0 Å². The van der Waals surface area contributed by atoms with E-state index in [1.54, 1.807) is 0 Å². The molecule has 1 rings (SSSR count). The van der Waals surface area contributed by atoms with Gasteiger partial charge in [-0.2, -0.15) is 0 Å². The van der Waals surface area contributed by atoms with Crippen LogP contribution in [0.1, 0.15) is 0 Å². The number of anilines is 1. The first-order valence-corrected chi connectivity index (χ1v) is 4.01. The van der Waals surface area contributed by atoms with Crippen molar-refractivity contribution in [3.63, 3.8) is 0 Å². The minimum absolute atomic E-state index is 0.101. The Balaban J connectivity index is 2.79. The van der Waals surface area contributed by atoms with E-state index in [0.717, 1.165) is 0 Å². The fourth-order valence-corrected chi connectivity index (χ4v) is 0.970. The Morgan fingerprint density at radius 3 is 2.93 bits per heavy atom. The first-order valence-electron chi connectivity index (χ1n) is 4.01. The number of amides is 1. The van der Waals surface area contributed by atoms with Crippen molar-refractivity contribution in [2.45, 2.75) is 0 Å². The molecule has 6 nitrogen and oxygen atoms in total. The second-order valence-corrected chi connectivity index (χ2v) is 2.67. The second-order valence-electron chi connectivity index (χ2n) is 2.67. The van der Waals surface area contributed by atoms with Gasteiger partial charge in [0.25, 0.3) is 12.2 Å².